The first-order valence-electron chi connectivity index (χ1n) is 8.86. The highest BCUT2D eigenvalue weighted by Crippen LogP contribution is 2.26. The number of aryl methyl sites for hydroxylation is 1. The summed E-state index contributed by atoms with van der Waals surface area (Å²) in [6.07, 6.45) is 2.84. The van der Waals surface area contributed by atoms with E-state index in [1.165, 1.54) is 10.6 Å². The molecule has 2 aliphatic rings. The minimum Gasteiger partial charge on any atom is -0.352 e. The van der Waals surface area contributed by atoms with Gasteiger partial charge >= 0.3 is 0 Å². The molecule has 2 atom stereocenters. The zero-order chi connectivity index (χ0) is 18.9. The maximum absolute atomic E-state index is 12.6. The van der Waals surface area contributed by atoms with Gasteiger partial charge < -0.3 is 10.2 Å². The molecule has 2 fully saturated rings. The van der Waals surface area contributed by atoms with Crippen LogP contribution >= 0.6 is 0 Å². The molecule has 1 N–H and O–H groups in total. The Kier molecular flexibility index (Phi) is 5.34. The predicted octanol–water partition coefficient (Wildman–Crippen LogP) is 0.888. The highest BCUT2D eigenvalue weighted by Gasteiger charge is 2.36. The monoisotopic (exact) mass is 379 g/mol. The molecule has 2 heterocycles. The zero-order valence-electron chi connectivity index (χ0n) is 15.1. The van der Waals surface area contributed by atoms with E-state index >= 15 is 0 Å². The minimum atomic E-state index is -3.25. The second-order valence-electron chi connectivity index (χ2n) is 7.21. The van der Waals surface area contributed by atoms with E-state index in [1.807, 2.05) is 31.2 Å². The quantitative estimate of drug-likeness (QED) is 0.842. The van der Waals surface area contributed by atoms with Crippen LogP contribution in [0.15, 0.2) is 24.3 Å². The molecule has 1 aromatic carbocycles. The van der Waals surface area contributed by atoms with E-state index in [4.69, 9.17) is 0 Å². The van der Waals surface area contributed by atoms with Crippen LogP contribution < -0.4 is 10.2 Å². The molecule has 8 heteroatoms. The Morgan fingerprint density at radius 3 is 2.54 bits per heavy atom. The summed E-state index contributed by atoms with van der Waals surface area (Å²) in [4.78, 5) is 26.5. The van der Waals surface area contributed by atoms with E-state index in [1.54, 1.807) is 4.90 Å². The molecule has 26 heavy (non-hydrogen) atoms. The van der Waals surface area contributed by atoms with Crippen LogP contribution in [0.25, 0.3) is 0 Å². The van der Waals surface area contributed by atoms with Gasteiger partial charge in [-0.2, -0.15) is 0 Å². The van der Waals surface area contributed by atoms with E-state index in [0.29, 0.717) is 19.6 Å². The first-order valence-corrected chi connectivity index (χ1v) is 10.7. The highest BCUT2D eigenvalue weighted by molar-refractivity contribution is 7.88. The second-order valence-corrected chi connectivity index (χ2v) is 9.19. The van der Waals surface area contributed by atoms with Crippen molar-refractivity contribution in [2.75, 3.05) is 30.8 Å². The van der Waals surface area contributed by atoms with E-state index in [0.717, 1.165) is 24.1 Å². The van der Waals surface area contributed by atoms with E-state index in [9.17, 15) is 18.0 Å². The SMILES string of the molecule is Cc1ccc(N2CC(C(=O)NC3CCCN(S(C)(=O)=O)C3)CC2=O)cc1. The third kappa shape index (κ3) is 4.24. The van der Waals surface area contributed by atoms with Gasteiger partial charge in [-0.3, -0.25) is 9.59 Å². The van der Waals surface area contributed by atoms with Crippen molar-refractivity contribution in [3.63, 3.8) is 0 Å². The van der Waals surface area contributed by atoms with Gasteiger partial charge in [0, 0.05) is 37.8 Å². The third-order valence-electron chi connectivity index (χ3n) is 5.04. The molecule has 0 spiro atoms. The predicted molar refractivity (Wildman–Crippen MR) is 99.2 cm³/mol. The van der Waals surface area contributed by atoms with Crippen LogP contribution in [0.4, 0.5) is 5.69 Å². The van der Waals surface area contributed by atoms with Gasteiger partial charge in [0.25, 0.3) is 0 Å². The smallest absolute Gasteiger partial charge is 0.227 e. The number of rotatable bonds is 4. The molecule has 3 rings (SSSR count). The van der Waals surface area contributed by atoms with Crippen molar-refractivity contribution < 1.29 is 18.0 Å². The average Bonchev–Trinajstić information content (AvgIpc) is 2.97. The standard InChI is InChI=1S/C18H25N3O4S/c1-13-5-7-16(8-6-13)21-11-14(10-17(21)22)18(23)19-15-4-3-9-20(12-15)26(2,24)25/h5-8,14-15H,3-4,9-12H2,1-2H3,(H,19,23). The fraction of sp³-hybridized carbons (Fsp3) is 0.556. The number of benzene rings is 1. The molecule has 142 valence electrons. The largest absolute Gasteiger partial charge is 0.352 e. The lowest BCUT2D eigenvalue weighted by atomic mass is 10.0. The van der Waals surface area contributed by atoms with E-state index < -0.39 is 15.9 Å². The first-order chi connectivity index (χ1) is 12.2. The van der Waals surface area contributed by atoms with Gasteiger partial charge in [0.15, 0.2) is 0 Å². The third-order valence-corrected chi connectivity index (χ3v) is 6.31. The van der Waals surface area contributed by atoms with Crippen molar-refractivity contribution in [3.05, 3.63) is 29.8 Å². The van der Waals surface area contributed by atoms with Gasteiger partial charge in [-0.25, -0.2) is 12.7 Å². The molecule has 0 radical (unpaired) electrons. The van der Waals surface area contributed by atoms with Crippen LogP contribution in [0.3, 0.4) is 0 Å². The fourth-order valence-corrected chi connectivity index (χ4v) is 4.45. The van der Waals surface area contributed by atoms with Crippen molar-refractivity contribution in [1.29, 1.82) is 0 Å². The van der Waals surface area contributed by atoms with Crippen molar-refractivity contribution in [3.8, 4) is 0 Å². The van der Waals surface area contributed by atoms with Gasteiger partial charge in [0.05, 0.1) is 12.2 Å². The molecule has 2 unspecified atom stereocenters. The number of nitrogens with zero attached hydrogens (tertiary/aromatic N) is 2. The molecule has 7 nitrogen and oxygen atoms in total. The number of sulfonamides is 1. The van der Waals surface area contributed by atoms with Crippen LogP contribution in [-0.4, -0.2) is 56.5 Å². The van der Waals surface area contributed by atoms with Crippen molar-refractivity contribution >= 4 is 27.5 Å². The maximum atomic E-state index is 12.6. The summed E-state index contributed by atoms with van der Waals surface area (Å²) in [5.74, 6) is -0.638. The number of carbonyl (C=O) groups excluding carboxylic acids is 2. The molecule has 0 bridgehead atoms. The number of amides is 2. The Labute approximate surface area is 154 Å². The molecular formula is C18H25N3O4S. The number of nitrogens with one attached hydrogen (secondary N) is 1. The lowest BCUT2D eigenvalue weighted by Gasteiger charge is -2.31. The van der Waals surface area contributed by atoms with Crippen LogP contribution in [0.5, 0.6) is 0 Å². The molecule has 0 saturated carbocycles. The van der Waals surface area contributed by atoms with Crippen molar-refractivity contribution in [2.45, 2.75) is 32.2 Å². The normalized spacial score (nSPS) is 24.7. The van der Waals surface area contributed by atoms with Gasteiger partial charge in [0.1, 0.15) is 0 Å². The van der Waals surface area contributed by atoms with E-state index in [-0.39, 0.29) is 24.3 Å². The van der Waals surface area contributed by atoms with E-state index in [2.05, 4.69) is 5.32 Å². The fourth-order valence-electron chi connectivity index (χ4n) is 3.54. The summed E-state index contributed by atoms with van der Waals surface area (Å²) in [5, 5.41) is 2.94. The first kappa shape index (κ1) is 18.8. The summed E-state index contributed by atoms with van der Waals surface area (Å²) in [5.41, 5.74) is 1.92. The Balaban J connectivity index is 1.60. The van der Waals surface area contributed by atoms with Gasteiger partial charge in [-0.1, -0.05) is 17.7 Å². The Morgan fingerprint density at radius 2 is 1.88 bits per heavy atom. The van der Waals surface area contributed by atoms with Crippen LogP contribution in [0, 0.1) is 12.8 Å². The van der Waals surface area contributed by atoms with Gasteiger partial charge in [-0.05, 0) is 31.9 Å². The number of piperidine rings is 1. The summed E-state index contributed by atoms with van der Waals surface area (Å²) < 4.78 is 24.8. The number of hydrogen-bond donors (Lipinski definition) is 1. The molecule has 1 aromatic rings. The Bertz CT molecular complexity index is 791. The number of anilines is 1. The second kappa shape index (κ2) is 7.36. The number of carbonyl (C=O) groups is 2. The molecule has 2 saturated heterocycles. The Hall–Kier alpha value is -1.93. The molecular weight excluding hydrogens is 354 g/mol. The van der Waals surface area contributed by atoms with Gasteiger partial charge in [0.2, 0.25) is 21.8 Å². The Morgan fingerprint density at radius 1 is 1.19 bits per heavy atom. The van der Waals surface area contributed by atoms with Crippen LogP contribution in [-0.2, 0) is 19.6 Å². The average molecular weight is 379 g/mol. The molecule has 0 aliphatic carbocycles. The lowest BCUT2D eigenvalue weighted by molar-refractivity contribution is -0.127. The maximum Gasteiger partial charge on any atom is 0.227 e. The minimum absolute atomic E-state index is 0.0598. The summed E-state index contributed by atoms with van der Waals surface area (Å²) in [6, 6.07) is 7.46. The van der Waals surface area contributed by atoms with Crippen LogP contribution in [0.1, 0.15) is 24.8 Å². The van der Waals surface area contributed by atoms with Crippen molar-refractivity contribution in [1.82, 2.24) is 9.62 Å². The zero-order valence-corrected chi connectivity index (χ0v) is 16.0. The van der Waals surface area contributed by atoms with Crippen molar-refractivity contribution in [2.24, 2.45) is 5.92 Å². The van der Waals surface area contributed by atoms with Crippen LogP contribution in [0.2, 0.25) is 0 Å². The molecule has 2 aliphatic heterocycles. The van der Waals surface area contributed by atoms with Gasteiger partial charge in [-0.15, -0.1) is 0 Å². The summed E-state index contributed by atoms with van der Waals surface area (Å²) in [7, 11) is -3.25. The summed E-state index contributed by atoms with van der Waals surface area (Å²) >= 11 is 0. The molecule has 2 amide bonds. The lowest BCUT2D eigenvalue weighted by Crippen LogP contribution is -2.50. The topological polar surface area (TPSA) is 86.8 Å². The summed E-state index contributed by atoms with van der Waals surface area (Å²) in [6.45, 7) is 3.13. The number of hydrogen-bond acceptors (Lipinski definition) is 4. The highest BCUT2D eigenvalue weighted by atomic mass is 32.2. The molecule has 0 aromatic heterocycles.